The number of ether oxygens (including phenoxy) is 2. The van der Waals surface area contributed by atoms with Crippen molar-refractivity contribution < 1.29 is 33.8 Å². The summed E-state index contributed by atoms with van der Waals surface area (Å²) in [6.07, 6.45) is 5.77. The summed E-state index contributed by atoms with van der Waals surface area (Å²) in [6.45, 7) is 14.4. The topological polar surface area (TPSA) is 134 Å². The highest BCUT2D eigenvalue weighted by atomic mass is 16.6. The predicted molar refractivity (Wildman–Crippen MR) is 138 cm³/mol. The number of carbonyl (C=O) groups is 4. The summed E-state index contributed by atoms with van der Waals surface area (Å²) in [5, 5.41) is 15.8. The van der Waals surface area contributed by atoms with Gasteiger partial charge in [-0.15, -0.1) is 13.2 Å². The van der Waals surface area contributed by atoms with Crippen LogP contribution in [-0.4, -0.2) is 76.4 Å². The van der Waals surface area contributed by atoms with E-state index in [-0.39, 0.29) is 25.5 Å². The highest BCUT2D eigenvalue weighted by Gasteiger charge is 2.62. The van der Waals surface area contributed by atoms with Crippen molar-refractivity contribution in [1.29, 1.82) is 0 Å². The molecule has 0 aromatic rings. The number of carbonyl (C=O) groups excluding carboxylic acids is 4. The van der Waals surface area contributed by atoms with Gasteiger partial charge in [0, 0.05) is 18.9 Å². The van der Waals surface area contributed by atoms with Crippen molar-refractivity contribution in [3.63, 3.8) is 0 Å². The average Bonchev–Trinajstić information content (AvgIpc) is 3.39. The molecule has 37 heavy (non-hydrogen) atoms. The molecule has 2 aliphatic rings. The molecule has 1 aliphatic heterocycles. The lowest BCUT2D eigenvalue weighted by molar-refractivity contribution is -0.150. The number of hydrogen-bond acceptors (Lipinski definition) is 7. The number of likely N-dealkylation sites (tertiary alicyclic amines) is 1. The average molecular weight is 522 g/mol. The van der Waals surface area contributed by atoms with Gasteiger partial charge in [-0.05, 0) is 53.4 Å². The molecule has 0 spiro atoms. The number of aliphatic hydroxyl groups excluding tert-OH is 1. The maximum Gasteiger partial charge on any atom is 0.408 e. The first-order valence-corrected chi connectivity index (χ1v) is 13.1. The van der Waals surface area contributed by atoms with Crippen LogP contribution in [0.2, 0.25) is 0 Å². The molecule has 3 amide bonds. The van der Waals surface area contributed by atoms with Gasteiger partial charge < -0.3 is 30.1 Å². The summed E-state index contributed by atoms with van der Waals surface area (Å²) in [5.74, 6) is -1.85. The second-order valence-corrected chi connectivity index (χ2v) is 10.7. The van der Waals surface area contributed by atoms with Gasteiger partial charge >= 0.3 is 12.1 Å². The molecule has 0 aromatic heterocycles. The van der Waals surface area contributed by atoms with Gasteiger partial charge in [-0.2, -0.15) is 0 Å². The lowest BCUT2D eigenvalue weighted by atomic mass is 10.0. The van der Waals surface area contributed by atoms with E-state index in [0.29, 0.717) is 19.3 Å². The Bertz CT molecular complexity index is 869. The first-order valence-electron chi connectivity index (χ1n) is 13.1. The Labute approximate surface area is 219 Å². The summed E-state index contributed by atoms with van der Waals surface area (Å²) < 4.78 is 10.5. The largest absolute Gasteiger partial charge is 0.464 e. The standard InChI is InChI=1S/C27H43N3O7/c1-7-10-11-12-13-14-20(28-25(35)37-26(4,5)6)23(33)30-17-19(31)15-21(30)22(32)29-27(16-18(27)8-2)24(34)36-9-3/h7-8,18-21,31H,1-2,9-17H2,3-6H3,(H,28,35)(H,29,32)/t18-,19+,20-,21+,27-/m1/s1. The minimum atomic E-state index is -1.21. The Kier molecular flexibility index (Phi) is 10.7. The third kappa shape index (κ3) is 8.31. The second-order valence-electron chi connectivity index (χ2n) is 10.7. The van der Waals surface area contributed by atoms with Crippen molar-refractivity contribution in [3.05, 3.63) is 25.3 Å². The zero-order chi connectivity index (χ0) is 27.8. The van der Waals surface area contributed by atoms with Gasteiger partial charge in [-0.3, -0.25) is 9.59 Å². The van der Waals surface area contributed by atoms with E-state index in [1.165, 1.54) is 4.90 Å². The zero-order valence-corrected chi connectivity index (χ0v) is 22.6. The third-order valence-corrected chi connectivity index (χ3v) is 6.54. The molecule has 10 heteroatoms. The lowest BCUT2D eigenvalue weighted by Crippen LogP contribution is -2.56. The molecule has 208 valence electrons. The van der Waals surface area contributed by atoms with Crippen LogP contribution >= 0.6 is 0 Å². The van der Waals surface area contributed by atoms with E-state index in [1.54, 1.807) is 33.8 Å². The number of rotatable bonds is 13. The quantitative estimate of drug-likeness (QED) is 0.193. The normalized spacial score (nSPS) is 25.5. The zero-order valence-electron chi connectivity index (χ0n) is 22.6. The molecule has 1 saturated carbocycles. The van der Waals surface area contributed by atoms with E-state index < -0.39 is 53.2 Å². The van der Waals surface area contributed by atoms with Crippen LogP contribution in [-0.2, 0) is 23.9 Å². The van der Waals surface area contributed by atoms with Gasteiger partial charge in [0.2, 0.25) is 11.8 Å². The van der Waals surface area contributed by atoms with Gasteiger partial charge in [-0.1, -0.05) is 25.0 Å². The summed E-state index contributed by atoms with van der Waals surface area (Å²) in [5.41, 5.74) is -1.96. The number of alkyl carbamates (subject to hydrolysis) is 1. The Hall–Kier alpha value is -2.88. The number of amides is 3. The van der Waals surface area contributed by atoms with E-state index >= 15 is 0 Å². The molecule has 10 nitrogen and oxygen atoms in total. The Balaban J connectivity index is 2.17. The van der Waals surface area contributed by atoms with Crippen LogP contribution in [0.4, 0.5) is 4.79 Å². The molecule has 1 saturated heterocycles. The van der Waals surface area contributed by atoms with Crippen molar-refractivity contribution in [1.82, 2.24) is 15.5 Å². The molecule has 3 N–H and O–H groups in total. The van der Waals surface area contributed by atoms with Gasteiger partial charge in [0.1, 0.15) is 23.2 Å². The Morgan fingerprint density at radius 3 is 2.46 bits per heavy atom. The van der Waals surface area contributed by atoms with Crippen molar-refractivity contribution in [2.45, 2.75) is 102 Å². The number of allylic oxidation sites excluding steroid dienone is 1. The Morgan fingerprint density at radius 1 is 1.19 bits per heavy atom. The summed E-state index contributed by atoms with van der Waals surface area (Å²) in [6, 6.07) is -1.93. The first-order chi connectivity index (χ1) is 17.4. The number of hydrogen-bond donors (Lipinski definition) is 3. The summed E-state index contributed by atoms with van der Waals surface area (Å²) in [4.78, 5) is 53.3. The van der Waals surface area contributed by atoms with Crippen LogP contribution in [0.5, 0.6) is 0 Å². The van der Waals surface area contributed by atoms with E-state index in [1.807, 2.05) is 6.08 Å². The predicted octanol–water partition coefficient (Wildman–Crippen LogP) is 2.60. The van der Waals surface area contributed by atoms with Crippen molar-refractivity contribution >= 4 is 23.9 Å². The minimum absolute atomic E-state index is 0.0216. The highest BCUT2D eigenvalue weighted by Crippen LogP contribution is 2.45. The van der Waals surface area contributed by atoms with Crippen LogP contribution in [0.15, 0.2) is 25.3 Å². The first kappa shape index (κ1) is 30.3. The molecule has 2 rings (SSSR count). The smallest absolute Gasteiger partial charge is 0.408 e. The van der Waals surface area contributed by atoms with Crippen LogP contribution in [0.25, 0.3) is 0 Å². The van der Waals surface area contributed by atoms with Gasteiger partial charge in [0.25, 0.3) is 0 Å². The van der Waals surface area contributed by atoms with Crippen molar-refractivity contribution in [2.75, 3.05) is 13.2 Å². The molecule has 0 unspecified atom stereocenters. The highest BCUT2D eigenvalue weighted by molar-refractivity contribution is 5.96. The molecular weight excluding hydrogens is 478 g/mol. The maximum atomic E-state index is 13.6. The van der Waals surface area contributed by atoms with E-state index in [9.17, 15) is 24.3 Å². The van der Waals surface area contributed by atoms with Gasteiger partial charge in [0.15, 0.2) is 0 Å². The summed E-state index contributed by atoms with van der Waals surface area (Å²) >= 11 is 0. The lowest BCUT2D eigenvalue weighted by Gasteiger charge is -2.30. The number of unbranched alkanes of at least 4 members (excludes halogenated alkanes) is 3. The number of nitrogens with one attached hydrogen (secondary N) is 2. The van der Waals surface area contributed by atoms with Crippen molar-refractivity contribution in [2.24, 2.45) is 5.92 Å². The monoisotopic (exact) mass is 521 g/mol. The number of β-amino-alcohol motifs (C(OH)–C–C–N with tert-alkyl or cyclic N) is 1. The molecule has 1 heterocycles. The maximum absolute atomic E-state index is 13.6. The molecule has 0 radical (unpaired) electrons. The molecule has 1 aliphatic carbocycles. The fourth-order valence-electron chi connectivity index (χ4n) is 4.59. The molecule has 2 fully saturated rings. The summed E-state index contributed by atoms with van der Waals surface area (Å²) in [7, 11) is 0. The van der Waals surface area contributed by atoms with Crippen molar-refractivity contribution in [3.8, 4) is 0 Å². The number of aliphatic hydroxyl groups is 1. The van der Waals surface area contributed by atoms with E-state index in [4.69, 9.17) is 9.47 Å². The SMILES string of the molecule is C=CCCCCC[C@@H](NC(=O)OC(C)(C)C)C(=O)N1C[C@@H](O)C[C@H]1C(=O)N[C@]1(C(=O)OCC)C[C@H]1C=C. The number of esters is 1. The van der Waals surface area contributed by atoms with E-state index in [2.05, 4.69) is 23.8 Å². The fourth-order valence-corrected chi connectivity index (χ4v) is 4.59. The Morgan fingerprint density at radius 2 is 1.89 bits per heavy atom. The van der Waals surface area contributed by atoms with Gasteiger partial charge in [-0.25, -0.2) is 9.59 Å². The van der Waals surface area contributed by atoms with Gasteiger partial charge in [0.05, 0.1) is 12.7 Å². The van der Waals surface area contributed by atoms with Crippen LogP contribution in [0.1, 0.15) is 72.6 Å². The van der Waals surface area contributed by atoms with Crippen LogP contribution < -0.4 is 10.6 Å². The van der Waals surface area contributed by atoms with Crippen LogP contribution in [0.3, 0.4) is 0 Å². The molecular formula is C27H43N3O7. The van der Waals surface area contributed by atoms with E-state index in [0.717, 1.165) is 19.3 Å². The third-order valence-electron chi connectivity index (χ3n) is 6.54. The number of nitrogens with zero attached hydrogens (tertiary/aromatic N) is 1. The molecule has 5 atom stereocenters. The van der Waals surface area contributed by atoms with Crippen LogP contribution in [0, 0.1) is 5.92 Å². The minimum Gasteiger partial charge on any atom is -0.464 e. The fraction of sp³-hybridized carbons (Fsp3) is 0.704. The molecule has 0 aromatic carbocycles. The molecule has 0 bridgehead atoms. The second kappa shape index (κ2) is 13.1.